The largest absolute Gasteiger partial charge is 1.00 e. The van der Waals surface area contributed by atoms with Crippen LogP contribution in [0.25, 0.3) is 0 Å². The molecule has 0 aliphatic carbocycles. The van der Waals surface area contributed by atoms with Crippen LogP contribution in [0.4, 0.5) is 4.79 Å². The smallest absolute Gasteiger partial charge is 0.548 e. The summed E-state index contributed by atoms with van der Waals surface area (Å²) in [5, 5.41) is 11.3. The Kier molecular flexibility index (Phi) is 42.2. The minimum atomic E-state index is -1.36. The Balaban J connectivity index is -0.0000000408. The Bertz CT molecular complexity index is 105. The van der Waals surface area contributed by atoms with Crippen molar-refractivity contribution in [2.45, 2.75) is 0 Å². The van der Waals surface area contributed by atoms with Crippen LogP contribution in [-0.2, 0) is 4.79 Å². The minimum Gasteiger partial charge on any atom is -0.548 e. The molecule has 0 fully saturated rings. The van der Waals surface area contributed by atoms with E-state index in [1.807, 2.05) is 5.32 Å². The maximum Gasteiger partial charge on any atom is 1.00 e. The second-order valence-corrected chi connectivity index (χ2v) is 1.09. The fourth-order valence-corrected chi connectivity index (χ4v) is 0.159. The maximum atomic E-state index is 9.72. The van der Waals surface area contributed by atoms with E-state index in [0.717, 1.165) is 0 Å². The van der Waals surface area contributed by atoms with Crippen molar-refractivity contribution in [2.24, 2.45) is 5.73 Å². The first kappa shape index (κ1) is 29.9. The van der Waals surface area contributed by atoms with Gasteiger partial charge >= 0.3 is 35.6 Å². The molecule has 0 heterocycles. The Hall–Kier alpha value is -0.380. The summed E-state index contributed by atoms with van der Waals surface area (Å²) in [6.45, 7) is -0.532. The third-order valence-electron chi connectivity index (χ3n) is 0.407. The van der Waals surface area contributed by atoms with Crippen LogP contribution < -0.4 is 45.7 Å². The molecule has 0 saturated heterocycles. The van der Waals surface area contributed by atoms with E-state index in [1.165, 1.54) is 0 Å². The number of carboxylic acid groups (broad SMARTS) is 1. The minimum absolute atomic E-state index is 0. The fourth-order valence-electron chi connectivity index (χ4n) is 0.159. The van der Waals surface area contributed by atoms with Gasteiger partial charge in [0.25, 0.3) is 0 Å². The number of hydrogen-bond acceptors (Lipinski definition) is 3. The predicted molar refractivity (Wildman–Crippen MR) is 33.4 cm³/mol. The van der Waals surface area contributed by atoms with Gasteiger partial charge in [0.2, 0.25) is 0 Å². The topological polar surface area (TPSA) is 190 Å². The molecule has 9 heteroatoms. The molecule has 9 N–H and O–H groups in total. The molecule has 0 aliphatic heterocycles. The van der Waals surface area contributed by atoms with Crippen LogP contribution in [-0.4, -0.2) is 35.0 Å². The number of rotatable bonds is 2. The van der Waals surface area contributed by atoms with E-state index < -0.39 is 18.5 Å². The molecular weight excluding hydrogens is 183 g/mol. The molecule has 0 rings (SSSR count). The quantitative estimate of drug-likeness (QED) is 0.413. The van der Waals surface area contributed by atoms with Crippen LogP contribution >= 0.6 is 0 Å². The van der Waals surface area contributed by atoms with Gasteiger partial charge in [-0.3, -0.25) is 0 Å². The first-order valence-corrected chi connectivity index (χ1v) is 1.86. The molecule has 0 aromatic carbocycles. The van der Waals surface area contributed by atoms with Crippen molar-refractivity contribution in [3.05, 3.63) is 0 Å². The van der Waals surface area contributed by atoms with Gasteiger partial charge in [-0.1, -0.05) is 0 Å². The number of primary amides is 1. The molecule has 0 unspecified atom stereocenters. The van der Waals surface area contributed by atoms with E-state index >= 15 is 0 Å². The molecular formula is C3H11N2NaO6. The molecule has 0 saturated carbocycles. The normalized spacial score (nSPS) is 5.33. The number of carbonyl (C=O) groups excluding carboxylic acids is 2. The predicted octanol–water partition coefficient (Wildman–Crippen LogP) is -8.07. The van der Waals surface area contributed by atoms with E-state index in [2.05, 4.69) is 5.73 Å². The average Bonchev–Trinajstić information content (AvgIpc) is 1.61. The van der Waals surface area contributed by atoms with E-state index in [0.29, 0.717) is 0 Å². The summed E-state index contributed by atoms with van der Waals surface area (Å²) in [6, 6.07) is -0.866. The molecule has 70 valence electrons. The zero-order valence-electron chi connectivity index (χ0n) is 6.51. The SMILES string of the molecule is NC(=O)NCC(=O)[O-].O.O.O.[Na+]. The Morgan fingerprint density at radius 1 is 1.25 bits per heavy atom. The van der Waals surface area contributed by atoms with Gasteiger partial charge < -0.3 is 37.4 Å². The number of carbonyl (C=O) groups is 2. The van der Waals surface area contributed by atoms with Crippen molar-refractivity contribution in [1.29, 1.82) is 0 Å². The van der Waals surface area contributed by atoms with E-state index in [1.54, 1.807) is 0 Å². The van der Waals surface area contributed by atoms with Crippen LogP contribution in [0.15, 0.2) is 0 Å². The third kappa shape index (κ3) is 33.5. The summed E-state index contributed by atoms with van der Waals surface area (Å²) in [4.78, 5) is 19.2. The molecule has 0 aromatic rings. The Morgan fingerprint density at radius 2 is 1.58 bits per heavy atom. The summed E-state index contributed by atoms with van der Waals surface area (Å²) < 4.78 is 0. The van der Waals surface area contributed by atoms with Crippen molar-refractivity contribution >= 4 is 12.0 Å². The summed E-state index contributed by atoms with van der Waals surface area (Å²) in [7, 11) is 0. The second kappa shape index (κ2) is 16.9. The molecule has 12 heavy (non-hydrogen) atoms. The fraction of sp³-hybridized carbons (Fsp3) is 0.333. The number of urea groups is 1. The zero-order valence-corrected chi connectivity index (χ0v) is 8.51. The molecule has 8 nitrogen and oxygen atoms in total. The number of carboxylic acids is 1. The van der Waals surface area contributed by atoms with Gasteiger partial charge in [0, 0.05) is 0 Å². The van der Waals surface area contributed by atoms with Crippen LogP contribution in [0.5, 0.6) is 0 Å². The second-order valence-electron chi connectivity index (χ2n) is 1.09. The van der Waals surface area contributed by atoms with Gasteiger partial charge in [-0.2, -0.15) is 0 Å². The van der Waals surface area contributed by atoms with Crippen LogP contribution in [0.2, 0.25) is 0 Å². The van der Waals surface area contributed by atoms with Gasteiger partial charge in [0.1, 0.15) is 0 Å². The molecule has 0 radical (unpaired) electrons. The van der Waals surface area contributed by atoms with Gasteiger partial charge in [0.05, 0.1) is 12.5 Å². The number of amides is 2. The maximum absolute atomic E-state index is 9.72. The van der Waals surface area contributed by atoms with Gasteiger partial charge in [-0.25, -0.2) is 4.79 Å². The summed E-state index contributed by atoms with van der Waals surface area (Å²) >= 11 is 0. The Morgan fingerprint density at radius 3 is 1.67 bits per heavy atom. The van der Waals surface area contributed by atoms with Crippen LogP contribution in [0.1, 0.15) is 0 Å². The number of nitrogens with one attached hydrogen (secondary N) is 1. The van der Waals surface area contributed by atoms with Crippen LogP contribution in [0, 0.1) is 0 Å². The molecule has 0 spiro atoms. The summed E-state index contributed by atoms with van der Waals surface area (Å²) in [6.07, 6.45) is 0. The standard InChI is InChI=1S/C3H6N2O3.Na.3H2O/c4-3(8)5-1-2(6)7;;;;/h1H2,(H,6,7)(H3,4,5,8);;3*1H2/q;+1;;;/p-1. The molecule has 0 aromatic heterocycles. The number of nitrogens with two attached hydrogens (primary N) is 1. The van der Waals surface area contributed by atoms with Gasteiger partial charge in [-0.15, -0.1) is 0 Å². The van der Waals surface area contributed by atoms with Crippen LogP contribution in [0.3, 0.4) is 0 Å². The van der Waals surface area contributed by atoms with E-state index in [9.17, 15) is 14.7 Å². The molecule has 0 atom stereocenters. The van der Waals surface area contributed by atoms with E-state index in [4.69, 9.17) is 0 Å². The summed E-state index contributed by atoms with van der Waals surface area (Å²) in [5.41, 5.74) is 4.50. The number of hydrogen-bond donors (Lipinski definition) is 2. The van der Waals surface area contributed by atoms with Crippen molar-refractivity contribution in [3.63, 3.8) is 0 Å². The van der Waals surface area contributed by atoms with Crippen molar-refractivity contribution in [2.75, 3.05) is 6.54 Å². The van der Waals surface area contributed by atoms with Crippen molar-refractivity contribution < 1.29 is 60.7 Å². The first-order valence-electron chi connectivity index (χ1n) is 1.86. The van der Waals surface area contributed by atoms with Crippen molar-refractivity contribution in [1.82, 2.24) is 5.32 Å². The van der Waals surface area contributed by atoms with Crippen molar-refractivity contribution in [3.8, 4) is 0 Å². The first-order chi connectivity index (χ1) is 3.63. The van der Waals surface area contributed by atoms with Gasteiger partial charge in [-0.05, 0) is 0 Å². The van der Waals surface area contributed by atoms with E-state index in [-0.39, 0.29) is 46.0 Å². The third-order valence-corrected chi connectivity index (χ3v) is 0.407. The summed E-state index contributed by atoms with van der Waals surface area (Å²) in [5.74, 6) is -1.36. The average molecular weight is 194 g/mol. The molecule has 2 amide bonds. The molecule has 0 aliphatic rings. The molecule has 0 bridgehead atoms. The monoisotopic (exact) mass is 194 g/mol. The van der Waals surface area contributed by atoms with Gasteiger partial charge in [0.15, 0.2) is 0 Å². The Labute approximate surface area is 90.3 Å². The number of aliphatic carboxylic acids is 1. The zero-order chi connectivity index (χ0) is 6.57.